The van der Waals surface area contributed by atoms with Gasteiger partial charge in [-0.05, 0) is 7.05 Å². The van der Waals surface area contributed by atoms with Crippen LogP contribution in [0.25, 0.3) is 0 Å². The number of hydrogen-bond acceptors (Lipinski definition) is 3. The molecule has 0 aromatic heterocycles. The fourth-order valence-corrected chi connectivity index (χ4v) is 0.806. The number of likely N-dealkylation sites (N-methyl/N-ethyl adjacent to an activating group) is 1. The number of hydrogen-bond donors (Lipinski definition) is 0. The van der Waals surface area contributed by atoms with Gasteiger partial charge in [-0.2, -0.15) is 5.26 Å². The molecule has 72 valence electrons. The van der Waals surface area contributed by atoms with E-state index in [-0.39, 0.29) is 0 Å². The van der Waals surface area contributed by atoms with Crippen molar-refractivity contribution in [3.05, 3.63) is 0 Å². The predicted octanol–water partition coefficient (Wildman–Crippen LogP) is 0.872. The first-order chi connectivity index (χ1) is 6.31. The van der Waals surface area contributed by atoms with Crippen LogP contribution in [-0.2, 0) is 4.74 Å². The van der Waals surface area contributed by atoms with E-state index in [0.717, 1.165) is 13.1 Å². The van der Waals surface area contributed by atoms with Crippen LogP contribution in [0.2, 0.25) is 0 Å². The summed E-state index contributed by atoms with van der Waals surface area (Å²) in [5, 5.41) is 8.33. The molecule has 0 bridgehead atoms. The summed E-state index contributed by atoms with van der Waals surface area (Å²) < 4.78 is 5.26. The van der Waals surface area contributed by atoms with Gasteiger partial charge in [0, 0.05) is 25.9 Å². The van der Waals surface area contributed by atoms with Crippen LogP contribution >= 0.6 is 0 Å². The fourth-order valence-electron chi connectivity index (χ4n) is 0.806. The lowest BCUT2D eigenvalue weighted by atomic mass is 10.4. The zero-order chi connectivity index (χ0) is 9.94. The SMILES string of the molecule is C#CCCOCCN(C)CCC#N. The molecule has 0 amide bonds. The second-order valence-electron chi connectivity index (χ2n) is 2.78. The van der Waals surface area contributed by atoms with E-state index in [1.165, 1.54) is 0 Å². The van der Waals surface area contributed by atoms with Gasteiger partial charge in [0.15, 0.2) is 0 Å². The summed E-state index contributed by atoms with van der Waals surface area (Å²) in [6.07, 6.45) is 6.30. The Bertz CT molecular complexity index is 190. The minimum Gasteiger partial charge on any atom is -0.379 e. The molecule has 0 rings (SSSR count). The first kappa shape index (κ1) is 12.0. The summed E-state index contributed by atoms with van der Waals surface area (Å²) >= 11 is 0. The van der Waals surface area contributed by atoms with E-state index in [2.05, 4.69) is 16.9 Å². The lowest BCUT2D eigenvalue weighted by Gasteiger charge is -2.13. The second kappa shape index (κ2) is 9.06. The van der Waals surface area contributed by atoms with E-state index in [0.29, 0.717) is 26.1 Å². The second-order valence-corrected chi connectivity index (χ2v) is 2.78. The fraction of sp³-hybridized carbons (Fsp3) is 0.700. The lowest BCUT2D eigenvalue weighted by molar-refractivity contribution is 0.117. The van der Waals surface area contributed by atoms with Gasteiger partial charge in [-0.25, -0.2) is 0 Å². The molecule has 0 saturated carbocycles. The quantitative estimate of drug-likeness (QED) is 0.431. The van der Waals surface area contributed by atoms with Crippen LogP contribution in [0.15, 0.2) is 0 Å². The third-order valence-electron chi connectivity index (χ3n) is 1.61. The molecular weight excluding hydrogens is 164 g/mol. The Hall–Kier alpha value is -1.03. The Kier molecular flexibility index (Phi) is 8.34. The zero-order valence-corrected chi connectivity index (χ0v) is 8.12. The topological polar surface area (TPSA) is 36.3 Å². The minimum atomic E-state index is 0.570. The van der Waals surface area contributed by atoms with Crippen LogP contribution in [0.5, 0.6) is 0 Å². The van der Waals surface area contributed by atoms with Crippen molar-refractivity contribution in [2.24, 2.45) is 0 Å². The van der Waals surface area contributed by atoms with Crippen molar-refractivity contribution in [1.82, 2.24) is 4.90 Å². The Morgan fingerprint density at radius 1 is 1.31 bits per heavy atom. The molecule has 0 unspecified atom stereocenters. The van der Waals surface area contributed by atoms with Gasteiger partial charge in [0.05, 0.1) is 19.3 Å². The molecule has 3 nitrogen and oxygen atoms in total. The molecule has 0 fully saturated rings. The van der Waals surface area contributed by atoms with Crippen molar-refractivity contribution < 1.29 is 4.74 Å². The Morgan fingerprint density at radius 2 is 2.08 bits per heavy atom. The predicted molar refractivity (Wildman–Crippen MR) is 52.0 cm³/mol. The molecular formula is C10H16N2O. The molecule has 0 aromatic rings. The first-order valence-corrected chi connectivity index (χ1v) is 4.38. The Balaban J connectivity index is 3.14. The molecule has 0 aliphatic rings. The monoisotopic (exact) mass is 180 g/mol. The van der Waals surface area contributed by atoms with Gasteiger partial charge in [-0.1, -0.05) is 0 Å². The molecule has 13 heavy (non-hydrogen) atoms. The van der Waals surface area contributed by atoms with Gasteiger partial charge >= 0.3 is 0 Å². The number of nitrogens with zero attached hydrogens (tertiary/aromatic N) is 2. The van der Waals surface area contributed by atoms with Crippen molar-refractivity contribution in [2.75, 3.05) is 33.4 Å². The summed E-state index contributed by atoms with van der Waals surface area (Å²) in [4.78, 5) is 2.07. The van der Waals surface area contributed by atoms with Crippen LogP contribution in [-0.4, -0.2) is 38.3 Å². The zero-order valence-electron chi connectivity index (χ0n) is 8.12. The number of nitriles is 1. The number of ether oxygens (including phenoxy) is 1. The third-order valence-corrected chi connectivity index (χ3v) is 1.61. The van der Waals surface area contributed by atoms with E-state index in [9.17, 15) is 0 Å². The van der Waals surface area contributed by atoms with Crippen LogP contribution < -0.4 is 0 Å². The average molecular weight is 180 g/mol. The highest BCUT2D eigenvalue weighted by atomic mass is 16.5. The van der Waals surface area contributed by atoms with E-state index in [1.807, 2.05) is 7.05 Å². The largest absolute Gasteiger partial charge is 0.379 e. The van der Waals surface area contributed by atoms with Crippen molar-refractivity contribution in [2.45, 2.75) is 12.8 Å². The maximum atomic E-state index is 8.33. The normalized spacial score (nSPS) is 9.54. The van der Waals surface area contributed by atoms with Gasteiger partial charge in [-0.3, -0.25) is 0 Å². The van der Waals surface area contributed by atoms with E-state index in [4.69, 9.17) is 16.4 Å². The lowest BCUT2D eigenvalue weighted by Crippen LogP contribution is -2.24. The van der Waals surface area contributed by atoms with Crippen molar-refractivity contribution in [3.63, 3.8) is 0 Å². The molecule has 0 aliphatic heterocycles. The molecule has 0 saturated heterocycles. The van der Waals surface area contributed by atoms with Crippen LogP contribution in [0.3, 0.4) is 0 Å². The smallest absolute Gasteiger partial charge is 0.0635 e. The molecule has 3 heteroatoms. The third kappa shape index (κ3) is 8.88. The van der Waals surface area contributed by atoms with Crippen LogP contribution in [0, 0.1) is 23.7 Å². The molecule has 0 spiro atoms. The van der Waals surface area contributed by atoms with Crippen molar-refractivity contribution in [3.8, 4) is 18.4 Å². The summed E-state index contributed by atoms with van der Waals surface area (Å²) in [5.74, 6) is 2.51. The van der Waals surface area contributed by atoms with E-state index < -0.39 is 0 Å². The summed E-state index contributed by atoms with van der Waals surface area (Å²) in [6, 6.07) is 2.10. The van der Waals surface area contributed by atoms with E-state index in [1.54, 1.807) is 0 Å². The van der Waals surface area contributed by atoms with Gasteiger partial charge in [0.25, 0.3) is 0 Å². The van der Waals surface area contributed by atoms with Gasteiger partial charge in [0.2, 0.25) is 0 Å². The Labute approximate surface area is 80.3 Å². The van der Waals surface area contributed by atoms with E-state index >= 15 is 0 Å². The average Bonchev–Trinajstić information content (AvgIpc) is 2.14. The van der Waals surface area contributed by atoms with Gasteiger partial charge in [0.1, 0.15) is 0 Å². The van der Waals surface area contributed by atoms with Crippen molar-refractivity contribution in [1.29, 1.82) is 5.26 Å². The highest BCUT2D eigenvalue weighted by Crippen LogP contribution is 1.87. The molecule has 0 radical (unpaired) electrons. The molecule has 0 aliphatic carbocycles. The Morgan fingerprint density at radius 3 is 2.69 bits per heavy atom. The van der Waals surface area contributed by atoms with Gasteiger partial charge in [-0.15, -0.1) is 12.3 Å². The maximum absolute atomic E-state index is 8.33. The standard InChI is InChI=1S/C10H16N2O/c1-3-4-9-13-10-8-12(2)7-5-6-11/h1H,4-5,7-10H2,2H3. The molecule has 0 heterocycles. The molecule has 0 N–H and O–H groups in total. The highest BCUT2D eigenvalue weighted by molar-refractivity contribution is 4.82. The first-order valence-electron chi connectivity index (χ1n) is 4.38. The summed E-state index contributed by atoms with van der Waals surface area (Å²) in [5.41, 5.74) is 0. The summed E-state index contributed by atoms with van der Waals surface area (Å²) in [7, 11) is 1.97. The molecule has 0 aromatic carbocycles. The van der Waals surface area contributed by atoms with Crippen LogP contribution in [0.1, 0.15) is 12.8 Å². The van der Waals surface area contributed by atoms with Gasteiger partial charge < -0.3 is 9.64 Å². The molecule has 0 atom stereocenters. The summed E-state index contributed by atoms with van der Waals surface area (Å²) in [6.45, 7) is 2.97. The maximum Gasteiger partial charge on any atom is 0.0635 e. The minimum absolute atomic E-state index is 0.570. The number of terminal acetylenes is 1. The van der Waals surface area contributed by atoms with Crippen molar-refractivity contribution >= 4 is 0 Å². The van der Waals surface area contributed by atoms with Crippen LogP contribution in [0.4, 0.5) is 0 Å². The highest BCUT2D eigenvalue weighted by Gasteiger charge is 1.96. The number of rotatable bonds is 7.